The first-order chi connectivity index (χ1) is 13.3. The molecule has 0 unspecified atom stereocenters. The lowest BCUT2D eigenvalue weighted by Crippen LogP contribution is -2.13. The number of ether oxygens (including phenoxy) is 1. The second-order valence-electron chi connectivity index (χ2n) is 6.35. The molecule has 0 saturated carbocycles. The van der Waals surface area contributed by atoms with E-state index in [-0.39, 0.29) is 5.91 Å². The van der Waals surface area contributed by atoms with Crippen molar-refractivity contribution in [3.63, 3.8) is 0 Å². The average Bonchev–Trinajstić information content (AvgIpc) is 2.64. The maximum Gasteiger partial charge on any atom is 0.255 e. The molecule has 28 heavy (non-hydrogen) atoms. The third kappa shape index (κ3) is 5.59. The number of nitrogens with one attached hydrogen (secondary N) is 2. The summed E-state index contributed by atoms with van der Waals surface area (Å²) in [5.41, 5.74) is 2.43. The van der Waals surface area contributed by atoms with Gasteiger partial charge in [0.15, 0.2) is 0 Å². The molecule has 3 rings (SSSR count). The maximum atomic E-state index is 12.4. The zero-order valence-corrected chi connectivity index (χ0v) is 16.3. The van der Waals surface area contributed by atoms with E-state index in [1.807, 2.05) is 31.2 Å². The van der Waals surface area contributed by atoms with E-state index in [1.165, 1.54) is 6.07 Å². The van der Waals surface area contributed by atoms with Gasteiger partial charge in [-0.3, -0.25) is 9.52 Å². The number of anilines is 2. The molecule has 0 bridgehead atoms. The molecule has 0 aliphatic carbocycles. The van der Waals surface area contributed by atoms with Crippen LogP contribution in [-0.2, 0) is 10.0 Å². The van der Waals surface area contributed by atoms with Crippen molar-refractivity contribution >= 4 is 27.3 Å². The lowest BCUT2D eigenvalue weighted by Gasteiger charge is -2.09. The van der Waals surface area contributed by atoms with Crippen LogP contribution in [0.5, 0.6) is 11.5 Å². The van der Waals surface area contributed by atoms with Crippen LogP contribution >= 0.6 is 0 Å². The zero-order valence-electron chi connectivity index (χ0n) is 15.5. The number of hydrogen-bond acceptors (Lipinski definition) is 4. The first kappa shape index (κ1) is 19.4. The van der Waals surface area contributed by atoms with Gasteiger partial charge in [0, 0.05) is 16.9 Å². The highest BCUT2D eigenvalue weighted by Crippen LogP contribution is 2.23. The Kier molecular flexibility index (Phi) is 5.65. The Labute approximate surface area is 164 Å². The first-order valence-corrected chi connectivity index (χ1v) is 10.4. The molecule has 144 valence electrons. The smallest absolute Gasteiger partial charge is 0.255 e. The molecule has 0 saturated heterocycles. The van der Waals surface area contributed by atoms with Crippen LogP contribution in [0.4, 0.5) is 11.4 Å². The van der Waals surface area contributed by atoms with Gasteiger partial charge in [-0.1, -0.05) is 23.8 Å². The highest BCUT2D eigenvalue weighted by molar-refractivity contribution is 7.92. The predicted octanol–water partition coefficient (Wildman–Crippen LogP) is 4.41. The van der Waals surface area contributed by atoms with Gasteiger partial charge >= 0.3 is 0 Å². The lowest BCUT2D eigenvalue weighted by molar-refractivity contribution is 0.102. The Morgan fingerprint density at radius 1 is 0.857 bits per heavy atom. The minimum absolute atomic E-state index is 0.331. The second kappa shape index (κ2) is 8.14. The summed E-state index contributed by atoms with van der Waals surface area (Å²) in [6, 6.07) is 21.0. The van der Waals surface area contributed by atoms with Crippen molar-refractivity contribution < 1.29 is 17.9 Å². The molecule has 0 aromatic heterocycles. The number of aryl methyl sites for hydroxylation is 1. The Balaban J connectivity index is 1.66. The Morgan fingerprint density at radius 2 is 1.46 bits per heavy atom. The number of carbonyl (C=O) groups excluding carboxylic acids is 1. The number of sulfonamides is 1. The first-order valence-electron chi connectivity index (χ1n) is 8.52. The fraction of sp³-hybridized carbons (Fsp3) is 0.0952. The molecule has 0 aliphatic rings. The third-order valence-corrected chi connectivity index (χ3v) is 4.40. The van der Waals surface area contributed by atoms with Gasteiger partial charge in [-0.05, 0) is 61.5 Å². The topological polar surface area (TPSA) is 84.5 Å². The summed E-state index contributed by atoms with van der Waals surface area (Å²) in [6.07, 6.45) is 1.06. The highest BCUT2D eigenvalue weighted by Gasteiger charge is 2.09. The predicted molar refractivity (Wildman–Crippen MR) is 111 cm³/mol. The highest BCUT2D eigenvalue weighted by atomic mass is 32.2. The third-order valence-electron chi connectivity index (χ3n) is 3.80. The summed E-state index contributed by atoms with van der Waals surface area (Å²) < 4.78 is 30.8. The molecule has 0 spiro atoms. The molecular weight excluding hydrogens is 376 g/mol. The molecule has 3 aromatic rings. The fourth-order valence-corrected chi connectivity index (χ4v) is 3.05. The van der Waals surface area contributed by atoms with Crippen LogP contribution in [0.3, 0.4) is 0 Å². The molecule has 1 amide bonds. The van der Waals surface area contributed by atoms with E-state index in [0.29, 0.717) is 22.7 Å². The van der Waals surface area contributed by atoms with Crippen molar-refractivity contribution in [2.75, 3.05) is 16.3 Å². The zero-order chi connectivity index (χ0) is 20.1. The Bertz CT molecular complexity index is 1080. The minimum atomic E-state index is -3.41. The van der Waals surface area contributed by atoms with Crippen LogP contribution in [0.25, 0.3) is 0 Å². The van der Waals surface area contributed by atoms with Gasteiger partial charge in [0.1, 0.15) is 11.5 Å². The molecule has 7 heteroatoms. The van der Waals surface area contributed by atoms with Crippen LogP contribution in [0.2, 0.25) is 0 Å². The van der Waals surface area contributed by atoms with E-state index in [2.05, 4.69) is 10.0 Å². The van der Waals surface area contributed by atoms with E-state index in [1.54, 1.807) is 42.5 Å². The molecule has 2 N–H and O–H groups in total. The van der Waals surface area contributed by atoms with E-state index >= 15 is 0 Å². The summed E-state index contributed by atoms with van der Waals surface area (Å²) in [6.45, 7) is 2.01. The van der Waals surface area contributed by atoms with Crippen molar-refractivity contribution in [3.05, 3.63) is 83.9 Å². The van der Waals surface area contributed by atoms with Gasteiger partial charge in [-0.15, -0.1) is 0 Å². The van der Waals surface area contributed by atoms with E-state index in [9.17, 15) is 13.2 Å². The van der Waals surface area contributed by atoms with Gasteiger partial charge < -0.3 is 10.1 Å². The number of carbonyl (C=O) groups is 1. The van der Waals surface area contributed by atoms with Gasteiger partial charge in [0.05, 0.1) is 6.26 Å². The van der Waals surface area contributed by atoms with Crippen molar-refractivity contribution in [2.24, 2.45) is 0 Å². The van der Waals surface area contributed by atoms with Gasteiger partial charge in [0.25, 0.3) is 5.91 Å². The average molecular weight is 396 g/mol. The number of rotatable bonds is 6. The monoisotopic (exact) mass is 396 g/mol. The van der Waals surface area contributed by atoms with Crippen molar-refractivity contribution in [3.8, 4) is 11.5 Å². The van der Waals surface area contributed by atoms with Crippen LogP contribution in [0.15, 0.2) is 72.8 Å². The number of benzene rings is 3. The SMILES string of the molecule is Cc1ccc(Oc2ccc(NC(=O)c3cccc(NS(C)(=O)=O)c3)cc2)cc1. The van der Waals surface area contributed by atoms with Crippen molar-refractivity contribution in [1.82, 2.24) is 0 Å². The van der Waals surface area contributed by atoms with Crippen LogP contribution in [0, 0.1) is 6.92 Å². The summed E-state index contributed by atoms with van der Waals surface area (Å²) in [7, 11) is -3.41. The normalized spacial score (nSPS) is 10.9. The molecule has 6 nitrogen and oxygen atoms in total. The lowest BCUT2D eigenvalue weighted by atomic mass is 10.2. The molecule has 0 atom stereocenters. The van der Waals surface area contributed by atoms with E-state index in [4.69, 9.17) is 4.74 Å². The minimum Gasteiger partial charge on any atom is -0.457 e. The Morgan fingerprint density at radius 3 is 2.07 bits per heavy atom. The van der Waals surface area contributed by atoms with E-state index < -0.39 is 10.0 Å². The molecule has 3 aromatic carbocycles. The molecule has 0 aliphatic heterocycles. The molecule has 0 radical (unpaired) electrons. The summed E-state index contributed by atoms with van der Waals surface area (Å²) in [5, 5.41) is 2.78. The van der Waals surface area contributed by atoms with Crippen molar-refractivity contribution in [1.29, 1.82) is 0 Å². The standard InChI is InChI=1S/C21H20N2O4S/c1-15-6-10-19(11-7-15)27-20-12-8-17(9-13-20)22-21(24)16-4-3-5-18(14-16)23-28(2,25)26/h3-14,23H,1-2H3,(H,22,24). The van der Waals surface area contributed by atoms with Gasteiger partial charge in [-0.25, -0.2) is 8.42 Å². The van der Waals surface area contributed by atoms with Crippen LogP contribution in [0.1, 0.15) is 15.9 Å². The Hall–Kier alpha value is -3.32. The molecule has 0 fully saturated rings. The maximum absolute atomic E-state index is 12.4. The summed E-state index contributed by atoms with van der Waals surface area (Å²) >= 11 is 0. The van der Waals surface area contributed by atoms with Crippen LogP contribution in [-0.4, -0.2) is 20.6 Å². The van der Waals surface area contributed by atoms with Crippen LogP contribution < -0.4 is 14.8 Å². The quantitative estimate of drug-likeness (QED) is 0.646. The van der Waals surface area contributed by atoms with Crippen molar-refractivity contribution in [2.45, 2.75) is 6.92 Å². The number of amides is 1. The van der Waals surface area contributed by atoms with Gasteiger partial charge in [-0.2, -0.15) is 0 Å². The van der Waals surface area contributed by atoms with E-state index in [0.717, 1.165) is 17.6 Å². The molecule has 0 heterocycles. The summed E-state index contributed by atoms with van der Waals surface area (Å²) in [4.78, 5) is 12.4. The summed E-state index contributed by atoms with van der Waals surface area (Å²) in [5.74, 6) is 1.04. The number of hydrogen-bond donors (Lipinski definition) is 2. The molecular formula is C21H20N2O4S. The van der Waals surface area contributed by atoms with Gasteiger partial charge in [0.2, 0.25) is 10.0 Å². The largest absolute Gasteiger partial charge is 0.457 e. The fourth-order valence-electron chi connectivity index (χ4n) is 2.49. The second-order valence-corrected chi connectivity index (χ2v) is 8.10.